The van der Waals surface area contributed by atoms with Gasteiger partial charge in [-0.1, -0.05) is 68.4 Å². The van der Waals surface area contributed by atoms with Gasteiger partial charge in [-0.15, -0.1) is 11.8 Å². The number of nitrogens with zero attached hydrogens (tertiary/aromatic N) is 1. The van der Waals surface area contributed by atoms with Crippen LogP contribution in [0, 0.1) is 6.92 Å². The molecule has 8 heteroatoms. The van der Waals surface area contributed by atoms with Crippen LogP contribution in [0.2, 0.25) is 0 Å². The first-order valence-corrected chi connectivity index (χ1v) is 16.0. The first-order valence-electron chi connectivity index (χ1n) is 14.2. The van der Waals surface area contributed by atoms with Crippen molar-refractivity contribution in [2.75, 3.05) is 32.6 Å². The molecule has 0 N–H and O–H groups in total. The zero-order valence-electron chi connectivity index (χ0n) is 24.8. The van der Waals surface area contributed by atoms with E-state index in [1.807, 2.05) is 37.3 Å². The first kappa shape index (κ1) is 30.6. The van der Waals surface area contributed by atoms with Crippen molar-refractivity contribution < 1.29 is 23.8 Å². The van der Waals surface area contributed by atoms with Gasteiger partial charge in [-0.05, 0) is 82.4 Å². The molecule has 0 bridgehead atoms. The molecule has 43 heavy (non-hydrogen) atoms. The number of ether oxygens (including phenoxy) is 3. The predicted octanol–water partition coefficient (Wildman–Crippen LogP) is 8.57. The molecule has 4 aromatic carbocycles. The number of aryl methyl sites for hydroxylation is 1. The van der Waals surface area contributed by atoms with E-state index >= 15 is 0 Å². The van der Waals surface area contributed by atoms with Gasteiger partial charge in [0, 0.05) is 10.6 Å². The largest absolute Gasteiger partial charge is 0.493 e. The third-order valence-electron chi connectivity index (χ3n) is 7.07. The second-order valence-electron chi connectivity index (χ2n) is 10.5. The number of benzene rings is 4. The van der Waals surface area contributed by atoms with Gasteiger partial charge >= 0.3 is 0 Å². The lowest BCUT2D eigenvalue weighted by Gasteiger charge is -2.17. The second-order valence-corrected chi connectivity index (χ2v) is 12.6. The number of thioether (sulfide) groups is 2. The number of carbonyl (C=O) groups excluding carboxylic acids is 2. The molecule has 222 valence electrons. The molecule has 1 heterocycles. The third kappa shape index (κ3) is 7.37. The number of amides is 2. The molecule has 1 fully saturated rings. The SMILES string of the molecule is COc1cc(/C=C2\SC(=O)N(CCOc3cc(C)ccc3C(C)C)C2=O)ccc1OCCSc1cccc2ccccc12. The van der Waals surface area contributed by atoms with Gasteiger partial charge in [0.25, 0.3) is 11.1 Å². The lowest BCUT2D eigenvalue weighted by atomic mass is 10.0. The van der Waals surface area contributed by atoms with E-state index in [-0.39, 0.29) is 24.3 Å². The van der Waals surface area contributed by atoms with Crippen LogP contribution in [0.5, 0.6) is 17.2 Å². The number of hydrogen-bond acceptors (Lipinski definition) is 7. The van der Waals surface area contributed by atoms with Gasteiger partial charge in [-0.3, -0.25) is 14.5 Å². The molecule has 2 amide bonds. The number of hydrogen-bond donors (Lipinski definition) is 0. The molecule has 0 atom stereocenters. The zero-order chi connectivity index (χ0) is 30.3. The minimum Gasteiger partial charge on any atom is -0.493 e. The molecular weight excluding hydrogens is 579 g/mol. The maximum absolute atomic E-state index is 13.1. The predicted molar refractivity (Wildman–Crippen MR) is 177 cm³/mol. The van der Waals surface area contributed by atoms with Gasteiger partial charge in [0.2, 0.25) is 0 Å². The van der Waals surface area contributed by atoms with Crippen molar-refractivity contribution in [1.29, 1.82) is 0 Å². The minimum absolute atomic E-state index is 0.181. The zero-order valence-corrected chi connectivity index (χ0v) is 26.4. The fourth-order valence-corrected chi connectivity index (χ4v) is 6.62. The molecule has 4 aromatic rings. The lowest BCUT2D eigenvalue weighted by Crippen LogP contribution is -2.32. The van der Waals surface area contributed by atoms with Crippen molar-refractivity contribution in [1.82, 2.24) is 4.90 Å². The van der Waals surface area contributed by atoms with Gasteiger partial charge in [-0.25, -0.2) is 0 Å². The maximum atomic E-state index is 13.1. The molecule has 0 aromatic heterocycles. The summed E-state index contributed by atoms with van der Waals surface area (Å²) in [5.41, 5.74) is 2.95. The molecule has 0 spiro atoms. The highest BCUT2D eigenvalue weighted by Gasteiger charge is 2.35. The number of imide groups is 1. The van der Waals surface area contributed by atoms with Crippen LogP contribution in [0.25, 0.3) is 16.8 Å². The normalized spacial score (nSPS) is 14.3. The number of fused-ring (bicyclic) bond motifs is 1. The van der Waals surface area contributed by atoms with E-state index in [0.717, 1.165) is 40.0 Å². The molecule has 1 saturated heterocycles. The molecule has 5 rings (SSSR count). The van der Waals surface area contributed by atoms with E-state index in [2.05, 4.69) is 62.4 Å². The lowest BCUT2D eigenvalue weighted by molar-refractivity contribution is -0.123. The quantitative estimate of drug-likeness (QED) is 0.0901. The summed E-state index contributed by atoms with van der Waals surface area (Å²) in [5.74, 6) is 2.74. The number of carbonyl (C=O) groups is 2. The molecule has 0 aliphatic carbocycles. The Bertz CT molecular complexity index is 1660. The van der Waals surface area contributed by atoms with Gasteiger partial charge in [0.05, 0.1) is 25.2 Å². The van der Waals surface area contributed by atoms with Gasteiger partial charge < -0.3 is 14.2 Å². The van der Waals surface area contributed by atoms with E-state index in [0.29, 0.717) is 28.9 Å². The first-order chi connectivity index (χ1) is 20.8. The number of rotatable bonds is 12. The van der Waals surface area contributed by atoms with Crippen LogP contribution in [0.15, 0.2) is 88.7 Å². The summed E-state index contributed by atoms with van der Waals surface area (Å²) in [4.78, 5) is 28.6. The molecular formula is C35H35NO5S2. The topological polar surface area (TPSA) is 65.1 Å². The summed E-state index contributed by atoms with van der Waals surface area (Å²) in [6.07, 6.45) is 1.71. The summed E-state index contributed by atoms with van der Waals surface area (Å²) in [5, 5.41) is 2.16. The Hall–Kier alpha value is -3.88. The Labute approximate surface area is 261 Å². The van der Waals surface area contributed by atoms with Crippen molar-refractivity contribution in [2.45, 2.75) is 31.6 Å². The van der Waals surface area contributed by atoms with E-state index in [1.165, 1.54) is 20.6 Å². The number of methoxy groups -OCH3 is 1. The van der Waals surface area contributed by atoms with Gasteiger partial charge in [0.1, 0.15) is 12.4 Å². The maximum Gasteiger partial charge on any atom is 0.293 e. The van der Waals surface area contributed by atoms with Crippen LogP contribution in [0.3, 0.4) is 0 Å². The van der Waals surface area contributed by atoms with Crippen LogP contribution in [-0.4, -0.2) is 48.7 Å². The monoisotopic (exact) mass is 613 g/mol. The Morgan fingerprint density at radius 1 is 0.884 bits per heavy atom. The van der Waals surface area contributed by atoms with E-state index < -0.39 is 0 Å². The Kier molecular flexibility index (Phi) is 10.00. The van der Waals surface area contributed by atoms with E-state index in [4.69, 9.17) is 14.2 Å². The van der Waals surface area contributed by atoms with Gasteiger partial charge in [0.15, 0.2) is 11.5 Å². The molecule has 1 aliphatic heterocycles. The highest BCUT2D eigenvalue weighted by atomic mass is 32.2. The second kappa shape index (κ2) is 14.1. The molecule has 0 unspecified atom stereocenters. The summed E-state index contributed by atoms with van der Waals surface area (Å²) in [7, 11) is 1.59. The Morgan fingerprint density at radius 2 is 1.67 bits per heavy atom. The average Bonchev–Trinajstić information content (AvgIpc) is 3.27. The van der Waals surface area contributed by atoms with Gasteiger partial charge in [-0.2, -0.15) is 0 Å². The summed E-state index contributed by atoms with van der Waals surface area (Å²) in [6.45, 7) is 7.15. The van der Waals surface area contributed by atoms with Crippen LogP contribution in [-0.2, 0) is 4.79 Å². The highest BCUT2D eigenvalue weighted by molar-refractivity contribution is 8.18. The van der Waals surface area contributed by atoms with E-state index in [9.17, 15) is 9.59 Å². The Morgan fingerprint density at radius 3 is 2.49 bits per heavy atom. The summed E-state index contributed by atoms with van der Waals surface area (Å²) < 4.78 is 17.6. The van der Waals surface area contributed by atoms with E-state index in [1.54, 1.807) is 24.9 Å². The summed E-state index contributed by atoms with van der Waals surface area (Å²) >= 11 is 2.69. The fraction of sp³-hybridized carbons (Fsp3) is 0.257. The minimum atomic E-state index is -0.323. The van der Waals surface area contributed by atoms with Crippen LogP contribution in [0.1, 0.15) is 36.5 Å². The third-order valence-corrected chi connectivity index (χ3v) is 9.02. The summed E-state index contributed by atoms with van der Waals surface area (Å²) in [6, 6.07) is 26.3. The highest BCUT2D eigenvalue weighted by Crippen LogP contribution is 2.35. The molecule has 1 aliphatic rings. The van der Waals surface area contributed by atoms with Crippen LogP contribution in [0.4, 0.5) is 4.79 Å². The molecule has 0 radical (unpaired) electrons. The fourth-order valence-electron chi connectivity index (χ4n) is 4.85. The van der Waals surface area contributed by atoms with Crippen molar-refractivity contribution in [2.24, 2.45) is 0 Å². The van der Waals surface area contributed by atoms with Crippen LogP contribution < -0.4 is 14.2 Å². The Balaban J connectivity index is 1.17. The molecule has 6 nitrogen and oxygen atoms in total. The van der Waals surface area contributed by atoms with Crippen molar-refractivity contribution in [3.8, 4) is 17.2 Å². The molecule has 0 saturated carbocycles. The van der Waals surface area contributed by atoms with Crippen molar-refractivity contribution >= 4 is 51.5 Å². The standard InChI is InChI=1S/C35H35NO5S2/c1-23(2)27-14-12-24(3)20-30(27)40-17-16-36-34(37)33(43-35(36)38)22-25-13-15-29(31(21-25)39-4)41-18-19-42-32-11-7-9-26-8-5-6-10-28(26)32/h5-15,20-23H,16-19H2,1-4H3/b33-22-. The average molecular weight is 614 g/mol. The smallest absolute Gasteiger partial charge is 0.293 e. The van der Waals surface area contributed by atoms with Crippen LogP contribution >= 0.6 is 23.5 Å². The van der Waals surface area contributed by atoms with Crippen molar-refractivity contribution in [3.63, 3.8) is 0 Å². The van der Waals surface area contributed by atoms with Crippen molar-refractivity contribution in [3.05, 3.63) is 100 Å².